The molecule has 16 nitrogen and oxygen atoms in total. The molecule has 0 saturated heterocycles. The number of carboxylic acids is 1. The monoisotopic (exact) mass is 705 g/mol. The lowest BCUT2D eigenvalue weighted by molar-refractivity contribution is 0.0683. The van der Waals surface area contributed by atoms with Gasteiger partial charge in [-0.15, -0.1) is 0 Å². The number of amides is 2. The van der Waals surface area contributed by atoms with Gasteiger partial charge in [-0.3, -0.25) is 23.6 Å². The number of anilines is 3. The standard InChI is InChI=1S/C36H35N9O7/c1-50-25-10-4-22(5-11-25)19-43-28(16-31(37)40-43)34(46)38-32-17-29(44(41-32)20-23-6-12-26(51-2)13-7-23)35(47)39-33-18-30(36(48)49)45(42-33)21-24-8-14-27(52-3)15-9-24/h4-18H,19-21H2,1-3H3,(H2,37,40)(H,48,49)(H,38,41,46)(H,39,42,47). The zero-order valence-electron chi connectivity index (χ0n) is 28.4. The summed E-state index contributed by atoms with van der Waals surface area (Å²) in [5.41, 5.74) is 8.52. The lowest BCUT2D eigenvalue weighted by Crippen LogP contribution is -2.19. The van der Waals surface area contributed by atoms with Crippen molar-refractivity contribution in [2.45, 2.75) is 19.6 Å². The number of nitrogen functional groups attached to an aromatic ring is 1. The SMILES string of the molecule is COc1ccc(Cn2nc(NC(=O)c3cc(NC(=O)c4cc(N)nn4Cc4ccc(OC)cc4)nn3Cc3ccc(OC)cc3)cc2C(=O)O)cc1. The Morgan fingerprint density at radius 3 is 1.31 bits per heavy atom. The summed E-state index contributed by atoms with van der Waals surface area (Å²) in [4.78, 5) is 39.4. The Bertz CT molecular complexity index is 2200. The molecule has 0 aliphatic heterocycles. The van der Waals surface area contributed by atoms with Crippen LogP contribution in [-0.4, -0.2) is 73.6 Å². The highest BCUT2D eigenvalue weighted by Crippen LogP contribution is 2.21. The highest BCUT2D eigenvalue weighted by molar-refractivity contribution is 6.06. The number of aromatic carboxylic acids is 1. The molecule has 5 N–H and O–H groups in total. The highest BCUT2D eigenvalue weighted by atomic mass is 16.5. The van der Waals surface area contributed by atoms with E-state index in [-0.39, 0.29) is 54.2 Å². The molecule has 2 amide bonds. The van der Waals surface area contributed by atoms with Gasteiger partial charge in [0.05, 0.1) is 41.0 Å². The molecule has 3 aromatic heterocycles. The molecule has 6 rings (SSSR count). The maximum atomic E-state index is 13.8. The van der Waals surface area contributed by atoms with Crippen molar-refractivity contribution in [3.05, 3.63) is 125 Å². The predicted octanol–water partition coefficient (Wildman–Crippen LogP) is 4.23. The zero-order chi connectivity index (χ0) is 36.8. The van der Waals surface area contributed by atoms with E-state index in [0.29, 0.717) is 17.2 Å². The maximum absolute atomic E-state index is 13.8. The topological polar surface area (TPSA) is 203 Å². The third-order valence-electron chi connectivity index (χ3n) is 8.00. The number of nitrogens with zero attached hydrogens (tertiary/aromatic N) is 6. The second-order valence-electron chi connectivity index (χ2n) is 11.5. The minimum absolute atomic E-state index is 0.0107. The van der Waals surface area contributed by atoms with Crippen molar-refractivity contribution in [1.29, 1.82) is 0 Å². The molecule has 52 heavy (non-hydrogen) atoms. The van der Waals surface area contributed by atoms with Crippen LogP contribution in [0.25, 0.3) is 0 Å². The molecule has 0 radical (unpaired) electrons. The number of rotatable bonds is 14. The van der Waals surface area contributed by atoms with Crippen LogP contribution in [0, 0.1) is 0 Å². The molecular weight excluding hydrogens is 670 g/mol. The van der Waals surface area contributed by atoms with Gasteiger partial charge in [0.15, 0.2) is 11.6 Å². The smallest absolute Gasteiger partial charge is 0.354 e. The number of ether oxygens (including phenoxy) is 3. The molecule has 0 saturated carbocycles. The number of nitrogens with one attached hydrogen (secondary N) is 2. The normalized spacial score (nSPS) is 10.8. The van der Waals surface area contributed by atoms with E-state index in [0.717, 1.165) is 16.7 Å². The van der Waals surface area contributed by atoms with E-state index >= 15 is 0 Å². The Hall–Kier alpha value is -7.10. The van der Waals surface area contributed by atoms with Crippen molar-refractivity contribution < 1.29 is 33.7 Å². The Labute approximate surface area is 297 Å². The van der Waals surface area contributed by atoms with Crippen molar-refractivity contribution in [1.82, 2.24) is 29.3 Å². The van der Waals surface area contributed by atoms with Crippen LogP contribution in [-0.2, 0) is 19.6 Å². The van der Waals surface area contributed by atoms with E-state index in [1.54, 1.807) is 69.9 Å². The van der Waals surface area contributed by atoms with Gasteiger partial charge in [-0.1, -0.05) is 36.4 Å². The summed E-state index contributed by atoms with van der Waals surface area (Å²) in [5, 5.41) is 28.5. The Balaban J connectivity index is 1.26. The molecule has 3 heterocycles. The molecule has 3 aromatic carbocycles. The zero-order valence-corrected chi connectivity index (χ0v) is 28.4. The van der Waals surface area contributed by atoms with Crippen LogP contribution in [0.3, 0.4) is 0 Å². The van der Waals surface area contributed by atoms with E-state index < -0.39 is 17.8 Å². The Morgan fingerprint density at radius 1 is 0.577 bits per heavy atom. The molecule has 0 atom stereocenters. The van der Waals surface area contributed by atoms with Crippen molar-refractivity contribution in [2.24, 2.45) is 0 Å². The quantitative estimate of drug-likeness (QED) is 0.126. The van der Waals surface area contributed by atoms with Crippen LogP contribution in [0.1, 0.15) is 48.2 Å². The summed E-state index contributed by atoms with van der Waals surface area (Å²) >= 11 is 0. The first-order valence-electron chi connectivity index (χ1n) is 15.9. The molecule has 266 valence electrons. The van der Waals surface area contributed by atoms with Gasteiger partial charge >= 0.3 is 5.97 Å². The number of hydrogen-bond acceptors (Lipinski definition) is 10. The number of carboxylic acid groups (broad SMARTS) is 1. The van der Waals surface area contributed by atoms with E-state index in [9.17, 15) is 19.5 Å². The first-order valence-corrected chi connectivity index (χ1v) is 15.9. The van der Waals surface area contributed by atoms with Gasteiger partial charge in [-0.2, -0.15) is 15.3 Å². The van der Waals surface area contributed by atoms with E-state index in [1.807, 2.05) is 24.3 Å². The molecule has 0 aliphatic rings. The minimum Gasteiger partial charge on any atom is -0.497 e. The van der Waals surface area contributed by atoms with Crippen LogP contribution in [0.4, 0.5) is 17.5 Å². The summed E-state index contributed by atoms with van der Waals surface area (Å²) < 4.78 is 19.8. The second kappa shape index (κ2) is 15.2. The third kappa shape index (κ3) is 8.02. The summed E-state index contributed by atoms with van der Waals surface area (Å²) in [7, 11) is 4.69. The first-order chi connectivity index (χ1) is 25.1. The summed E-state index contributed by atoms with van der Waals surface area (Å²) in [6, 6.07) is 25.7. The molecule has 6 aromatic rings. The largest absolute Gasteiger partial charge is 0.497 e. The fraction of sp³-hybridized carbons (Fsp3) is 0.167. The molecule has 0 bridgehead atoms. The van der Waals surface area contributed by atoms with Crippen molar-refractivity contribution >= 4 is 35.2 Å². The molecule has 0 spiro atoms. The average molecular weight is 706 g/mol. The van der Waals surface area contributed by atoms with Crippen LogP contribution >= 0.6 is 0 Å². The van der Waals surface area contributed by atoms with Crippen molar-refractivity contribution in [3.63, 3.8) is 0 Å². The van der Waals surface area contributed by atoms with E-state index in [1.165, 1.54) is 32.2 Å². The van der Waals surface area contributed by atoms with Crippen LogP contribution in [0.5, 0.6) is 17.2 Å². The molecule has 0 aliphatic carbocycles. The minimum atomic E-state index is -1.22. The van der Waals surface area contributed by atoms with E-state index in [2.05, 4.69) is 25.9 Å². The second-order valence-corrected chi connectivity index (χ2v) is 11.5. The van der Waals surface area contributed by atoms with Gasteiger partial charge in [-0.05, 0) is 53.1 Å². The van der Waals surface area contributed by atoms with Gasteiger partial charge in [0.1, 0.15) is 40.1 Å². The van der Waals surface area contributed by atoms with Crippen molar-refractivity contribution in [2.75, 3.05) is 37.7 Å². The van der Waals surface area contributed by atoms with Crippen LogP contribution in [0.15, 0.2) is 91.0 Å². The van der Waals surface area contributed by atoms with E-state index in [4.69, 9.17) is 19.9 Å². The molecular formula is C36H35N9O7. The number of hydrogen-bond donors (Lipinski definition) is 4. The summed E-state index contributed by atoms with van der Waals surface area (Å²) in [5.74, 6) is -0.175. The molecule has 0 fully saturated rings. The highest BCUT2D eigenvalue weighted by Gasteiger charge is 2.23. The number of methoxy groups -OCH3 is 3. The van der Waals surface area contributed by atoms with Gasteiger partial charge in [0, 0.05) is 18.2 Å². The number of carbonyl (C=O) groups excluding carboxylic acids is 2. The van der Waals surface area contributed by atoms with Crippen molar-refractivity contribution in [3.8, 4) is 17.2 Å². The van der Waals surface area contributed by atoms with Gasteiger partial charge in [-0.25, -0.2) is 4.79 Å². The Kier molecular flexibility index (Phi) is 10.2. The number of nitrogens with two attached hydrogens (primary N) is 1. The predicted molar refractivity (Wildman–Crippen MR) is 190 cm³/mol. The van der Waals surface area contributed by atoms with Crippen LogP contribution < -0.4 is 30.6 Å². The Morgan fingerprint density at radius 2 is 0.923 bits per heavy atom. The maximum Gasteiger partial charge on any atom is 0.354 e. The molecule has 16 heteroatoms. The van der Waals surface area contributed by atoms with Gasteiger partial charge < -0.3 is 35.7 Å². The summed E-state index contributed by atoms with van der Waals surface area (Å²) in [6.45, 7) is 0.539. The molecule has 0 unspecified atom stereocenters. The van der Waals surface area contributed by atoms with Gasteiger partial charge in [0.2, 0.25) is 0 Å². The number of aromatic nitrogens is 6. The fourth-order valence-electron chi connectivity index (χ4n) is 5.36. The number of benzene rings is 3. The first kappa shape index (κ1) is 34.8. The van der Waals surface area contributed by atoms with Crippen LogP contribution in [0.2, 0.25) is 0 Å². The van der Waals surface area contributed by atoms with Gasteiger partial charge in [0.25, 0.3) is 11.8 Å². The average Bonchev–Trinajstić information content (AvgIpc) is 3.85. The summed E-state index contributed by atoms with van der Waals surface area (Å²) in [6.07, 6.45) is 0. The lowest BCUT2D eigenvalue weighted by Gasteiger charge is -2.09. The number of carbonyl (C=O) groups is 3. The lowest BCUT2D eigenvalue weighted by atomic mass is 10.2. The third-order valence-corrected chi connectivity index (χ3v) is 8.00. The fourth-order valence-corrected chi connectivity index (χ4v) is 5.36.